The number of ether oxygens (including phenoxy) is 6. The molecule has 20 atom stereocenters. The average molecular weight is 1760 g/mol. The van der Waals surface area contributed by atoms with Gasteiger partial charge in [0.2, 0.25) is 5.75 Å². The van der Waals surface area contributed by atoms with Crippen molar-refractivity contribution in [3.63, 3.8) is 0 Å². The summed E-state index contributed by atoms with van der Waals surface area (Å²) in [6, 6.07) is -0.290. The Balaban J connectivity index is 0.000000229. The third-order valence-corrected chi connectivity index (χ3v) is 27.5. The molecule has 36 nitrogen and oxygen atoms in total. The summed E-state index contributed by atoms with van der Waals surface area (Å²) in [4.78, 5) is 126. The van der Waals surface area contributed by atoms with E-state index in [0.717, 1.165) is 50.7 Å². The van der Waals surface area contributed by atoms with E-state index >= 15 is 0 Å². The molecule has 3 aromatic rings. The minimum atomic E-state index is -1.35. The van der Waals surface area contributed by atoms with Crippen molar-refractivity contribution in [3.8, 4) is 5.75 Å². The second-order valence-corrected chi connectivity index (χ2v) is 55.8. The summed E-state index contributed by atoms with van der Waals surface area (Å²) in [5.41, 5.74) is -2.06. The fraction of sp³-hybridized carbons (Fsp3) is 0.623. The van der Waals surface area contributed by atoms with Gasteiger partial charge in [0.25, 0.3) is 22.6 Å². The molecular weight excluding hydrogens is 1640 g/mol. The predicted octanol–water partition coefficient (Wildman–Crippen LogP) is -0.606. The number of aryl methyl sites for hydroxylation is 1. The lowest BCUT2D eigenvalue weighted by molar-refractivity contribution is -0.120. The summed E-state index contributed by atoms with van der Waals surface area (Å²) >= 11 is 0. The summed E-state index contributed by atoms with van der Waals surface area (Å²) in [6.45, 7) is 27.9. The van der Waals surface area contributed by atoms with Crippen LogP contribution in [0.3, 0.4) is 0 Å². The van der Waals surface area contributed by atoms with Gasteiger partial charge in [-0.2, -0.15) is 0 Å². The first-order valence-corrected chi connectivity index (χ1v) is 53.6. The Labute approximate surface area is 686 Å². The maximum absolute atomic E-state index is 12.1. The second-order valence-electron chi connectivity index (χ2n) is 34.2. The number of likely N-dealkylation sites (N-methyl/N-ethyl adjacent to an activating group) is 1. The van der Waals surface area contributed by atoms with Gasteiger partial charge in [-0.1, -0.05) is 20.1 Å². The molecule has 5 saturated heterocycles. The van der Waals surface area contributed by atoms with Crippen LogP contribution in [-0.2, 0) is 50.9 Å². The van der Waals surface area contributed by atoms with Gasteiger partial charge >= 0.3 is 23.1 Å². The van der Waals surface area contributed by atoms with E-state index in [4.69, 9.17) is 28.4 Å². The van der Waals surface area contributed by atoms with Gasteiger partial charge in [-0.05, 0) is 157 Å². The molecule has 0 spiro atoms. The van der Waals surface area contributed by atoms with Crippen LogP contribution in [0.4, 0.5) is 4.79 Å². The van der Waals surface area contributed by atoms with Gasteiger partial charge in [0.1, 0.15) is 85.4 Å². The number of hydrogen-bond donors (Lipinski definition) is 15. The lowest BCUT2D eigenvalue weighted by Gasteiger charge is -2.34. The number of rotatable bonds is 26. The van der Waals surface area contributed by atoms with Gasteiger partial charge in [-0.25, -0.2) is 19.2 Å². The third-order valence-electron chi connectivity index (χ3n) is 20.1. The SMILES string of the molecule is C=C1C(C2O[C@H](CCP(=C)(C)C)[C@@H](O)[C@H]2O)=CNC(=O)N1C.C=C1NC(=O)C(C)=CN1C1O[C@H](CCP(=C)(C)C)[C@@H](O)[C@H]1O.C=P(C)(C)CC[C@H]1O[C@@H](n2cc(CC(C)=O)c(=O)[nH]c2=O)[C@H](O)[C@@H]1O.C=P(C)(C)CC[C@H]1O[C@@H](n2cc(CC)c(=O)[nH]c2=O)[C@H](O)[C@@H]1O.C=P(C)(C)CC[C@H]1O[C@@H](n2cc(OCC(C)=O)c(=O)[nH]c2=O)[C@H](O)[C@@H]1O. The van der Waals surface area contributed by atoms with Crippen LogP contribution in [0, 0.1) is 0 Å². The number of aliphatic hydroxyl groups excluding tert-OH is 10. The zero-order valence-electron chi connectivity index (χ0n) is 70.1. The number of amides is 3. The van der Waals surface area contributed by atoms with Gasteiger partial charge in [0, 0.05) is 66.2 Å². The van der Waals surface area contributed by atoms with Crippen LogP contribution in [0.1, 0.15) is 89.6 Å². The van der Waals surface area contributed by atoms with E-state index < -0.39 is 191 Å². The third kappa shape index (κ3) is 27.8. The molecule has 10 heterocycles. The van der Waals surface area contributed by atoms with E-state index in [1.165, 1.54) is 37.3 Å². The molecule has 15 N–H and O–H groups in total. The number of aromatic amines is 3. The van der Waals surface area contributed by atoms with Crippen LogP contribution >= 0.6 is 34.4 Å². The first-order chi connectivity index (χ1) is 54.3. The Bertz CT molecular complexity index is 4830. The number of carbonyl (C=O) groups excluding carboxylic acids is 4. The van der Waals surface area contributed by atoms with Gasteiger partial charge in [0.15, 0.2) is 30.7 Å². The van der Waals surface area contributed by atoms with Gasteiger partial charge in [0.05, 0.1) is 36.7 Å². The van der Waals surface area contributed by atoms with Gasteiger partial charge in [-0.15, -0.1) is 65.9 Å². The minimum absolute atomic E-state index is 0.102. The summed E-state index contributed by atoms with van der Waals surface area (Å²) in [5.74, 6) is -0.678. The summed E-state index contributed by atoms with van der Waals surface area (Å²) in [7, 11) is 1.59. The fourth-order valence-electron chi connectivity index (χ4n) is 13.2. The Hall–Kier alpha value is -6.42. The summed E-state index contributed by atoms with van der Waals surface area (Å²) in [5, 5.41) is 108. The number of aromatic nitrogens is 6. The molecule has 0 aromatic carbocycles. The second kappa shape index (κ2) is 41.6. The van der Waals surface area contributed by atoms with Gasteiger partial charge < -0.3 is 95.0 Å². The number of hydrogen-bond acceptors (Lipinski definition) is 27. The molecule has 5 fully saturated rings. The van der Waals surface area contributed by atoms with Crippen molar-refractivity contribution in [2.24, 2.45) is 0 Å². The highest BCUT2D eigenvalue weighted by Gasteiger charge is 2.50. The Morgan fingerprint density at radius 2 is 0.814 bits per heavy atom. The van der Waals surface area contributed by atoms with Crippen molar-refractivity contribution in [2.45, 2.75) is 195 Å². The zero-order valence-corrected chi connectivity index (χ0v) is 74.5. The van der Waals surface area contributed by atoms with Crippen molar-refractivity contribution in [3.05, 3.63) is 140 Å². The van der Waals surface area contributed by atoms with Crippen molar-refractivity contribution in [1.29, 1.82) is 0 Å². The highest BCUT2D eigenvalue weighted by Crippen LogP contribution is 2.44. The molecule has 118 heavy (non-hydrogen) atoms. The largest absolute Gasteiger partial charge is 0.479 e. The molecule has 10 rings (SSSR count). The van der Waals surface area contributed by atoms with Crippen LogP contribution in [0.15, 0.2) is 95.6 Å². The topological polar surface area (TPSA) is 521 Å². The standard InChI is InChI=1S/C16H25N2O7P.C16H25N2O6P.C15H25N2O5P.2C15H25N2O4P/c1-9(19)8-24-11-7-18(16(23)17-14(11)22)15-13(21)12(20)10(25-15)5-6-26(2,3)4;1-9(19)7-10-8-18(16(23)17-14(10)22)15-13(21)12(20)11(24-15)5-6-25(2,3)4;1-5-9-8-17(15(21)16-13(9)20)14-12(19)11(18)10(22-14)6-7-23(2,3)4;1-9-10(8-16-15(20)17(9)2)14-13(19)12(18)11(21-14)6-7-22(3,4)5;1-9-8-17(10(2)16-14(9)20)15-13(19)12(18)11(21-15)6-7-22(3,4)5/h7,10,12-13,15,20-21H,2,5-6,8H2,1,3-4H3,(H,17,22,23);8,11-13,15,20-21H,2,5-7H2,1,3-4H3,(H,17,22,23);8,10-12,14,18-19H,2,5-7H2,1,3-4H3,(H,16,20,21);8,11-14,18-19H,1,3,6-7H2,2,4-5H3,(H,16,20);8,11-13,15,18-19H,2-3,6-7H2,1,4-5H3,(H,16,20)/t10-,12-,13-,15-;11-,12-,13-,15-;10-,11-,12-,14-;11-,12-,13-,14?;11-,12-,13-,15?/m11111/s1. The maximum Gasteiger partial charge on any atom is 0.330 e. The maximum atomic E-state index is 12.1. The molecule has 0 aliphatic carbocycles. The number of H-pyrrole nitrogens is 3. The van der Waals surface area contributed by atoms with Crippen molar-refractivity contribution in [2.75, 3.05) is 111 Å². The average Bonchev–Trinajstić information content (AvgIpc) is 1.64. The molecule has 3 aromatic heterocycles. The first kappa shape index (κ1) is 100. The molecule has 0 bridgehead atoms. The zero-order chi connectivity index (χ0) is 89.3. The minimum Gasteiger partial charge on any atom is -0.479 e. The van der Waals surface area contributed by atoms with Crippen molar-refractivity contribution >= 4 is 89.4 Å². The molecule has 41 heteroatoms. The monoisotopic (exact) mass is 1760 g/mol. The van der Waals surface area contributed by atoms with Crippen LogP contribution < -0.4 is 49.1 Å². The molecule has 3 amide bonds. The van der Waals surface area contributed by atoms with Crippen molar-refractivity contribution < 1.29 is 98.7 Å². The predicted molar refractivity (Wildman–Crippen MR) is 466 cm³/mol. The molecule has 0 saturated carbocycles. The molecular formula is C77H125N10O26P5. The number of carbonyl (C=O) groups is 4. The smallest absolute Gasteiger partial charge is 0.330 e. The number of Topliss-reactive ketones (excluding diaryl/α,β-unsaturated/α-hetero) is 2. The van der Waals surface area contributed by atoms with Crippen LogP contribution in [0.25, 0.3) is 0 Å². The van der Waals surface area contributed by atoms with Crippen LogP contribution in [-0.4, -0.2) is 360 Å². The fourth-order valence-corrected chi connectivity index (χ4v) is 18.0. The molecule has 7 aliphatic heterocycles. The number of ketones is 2. The number of urea groups is 1. The highest BCUT2D eigenvalue weighted by molar-refractivity contribution is 7.73. The molecule has 2 unspecified atom stereocenters. The summed E-state index contributed by atoms with van der Waals surface area (Å²) < 4.78 is 37.0. The van der Waals surface area contributed by atoms with Crippen molar-refractivity contribution in [1.82, 2.24) is 49.1 Å². The first-order valence-electron chi connectivity index (χ1n) is 38.4. The Kier molecular flexibility index (Phi) is 35.4. The quantitative estimate of drug-likeness (QED) is 0.0446. The normalized spacial score (nSPS) is 29.2. The van der Waals surface area contributed by atoms with E-state index in [1.54, 1.807) is 32.0 Å². The number of nitrogens with zero attached hydrogens (tertiary/aromatic N) is 5. The molecule has 7 aliphatic rings. The van der Waals surface area contributed by atoms with E-state index in [0.29, 0.717) is 66.8 Å². The molecule has 0 radical (unpaired) electrons. The lowest BCUT2D eigenvalue weighted by atomic mass is 9.98. The Morgan fingerprint density at radius 1 is 0.475 bits per heavy atom. The Morgan fingerprint density at radius 3 is 1.19 bits per heavy atom. The molecule has 664 valence electrons. The number of nitrogens with one attached hydrogen (secondary N) is 5. The summed E-state index contributed by atoms with van der Waals surface area (Å²) in [6.07, 6.45) is 15.9. The lowest BCUT2D eigenvalue weighted by Crippen LogP contribution is -2.47. The van der Waals surface area contributed by atoms with Crippen LogP contribution in [0.2, 0.25) is 0 Å². The van der Waals surface area contributed by atoms with E-state index in [9.17, 15) is 99.0 Å². The van der Waals surface area contributed by atoms with E-state index in [-0.39, 0.29) is 47.8 Å². The highest BCUT2D eigenvalue weighted by atomic mass is 31.2. The van der Waals surface area contributed by atoms with E-state index in [1.807, 2.05) is 13.3 Å². The van der Waals surface area contributed by atoms with Crippen LogP contribution in [0.5, 0.6) is 5.75 Å². The van der Waals surface area contributed by atoms with Gasteiger partial charge in [-0.3, -0.25) is 62.3 Å². The number of aliphatic hydroxyl groups is 10. The van der Waals surface area contributed by atoms with E-state index in [2.05, 4.69) is 124 Å².